The first-order valence-corrected chi connectivity index (χ1v) is 9.95. The van der Waals surface area contributed by atoms with Crippen molar-refractivity contribution in [1.82, 2.24) is 4.90 Å². The highest BCUT2D eigenvalue weighted by Gasteiger charge is 2.26. The first-order chi connectivity index (χ1) is 13.7. The summed E-state index contributed by atoms with van der Waals surface area (Å²) < 4.78 is 24.2. The largest absolute Gasteiger partial charge is 0.490 e. The molecule has 28 heavy (non-hydrogen) atoms. The number of halogens is 1. The fourth-order valence-electron chi connectivity index (χ4n) is 3.93. The number of aliphatic imine (C=N–C) groups is 1. The van der Waals surface area contributed by atoms with Gasteiger partial charge in [-0.15, -0.1) is 0 Å². The average molecular weight is 381 g/mol. The van der Waals surface area contributed by atoms with Gasteiger partial charge >= 0.3 is 0 Å². The summed E-state index contributed by atoms with van der Waals surface area (Å²) in [7, 11) is 0. The van der Waals surface area contributed by atoms with E-state index in [1.54, 1.807) is 12.1 Å². The van der Waals surface area contributed by atoms with Crippen LogP contribution in [0.1, 0.15) is 18.4 Å². The lowest BCUT2D eigenvalue weighted by Gasteiger charge is -2.33. The van der Waals surface area contributed by atoms with Gasteiger partial charge in [-0.05, 0) is 42.0 Å². The number of ether oxygens (including phenoxy) is 2. The number of likely N-dealkylation sites (tertiary alicyclic amines) is 1. The quantitative estimate of drug-likeness (QED) is 0.876. The highest BCUT2D eigenvalue weighted by molar-refractivity contribution is 5.93. The van der Waals surface area contributed by atoms with E-state index in [4.69, 9.17) is 14.5 Å². The third-order valence-electron chi connectivity index (χ3n) is 5.62. The molecule has 2 aromatic rings. The van der Waals surface area contributed by atoms with Crippen molar-refractivity contribution in [2.24, 2.45) is 4.99 Å². The Morgan fingerprint density at radius 1 is 1.07 bits per heavy atom. The number of piperidine rings is 1. The van der Waals surface area contributed by atoms with Crippen molar-refractivity contribution < 1.29 is 13.9 Å². The van der Waals surface area contributed by atoms with Crippen LogP contribution in [-0.2, 0) is 11.2 Å². The standard InChI is InChI=1S/C22H24FN3O2/c23-16-2-5-19(6-3-16)28-20-7-9-26(10-8-20)22-11-15-1-4-17(12-21(15)25-22)24-18-13-27-14-18/h1-6,12,18,20,24H,7-11,13-14H2. The summed E-state index contributed by atoms with van der Waals surface area (Å²) in [4.78, 5) is 7.27. The number of hydrogen-bond acceptors (Lipinski definition) is 5. The zero-order valence-electron chi connectivity index (χ0n) is 15.7. The van der Waals surface area contributed by atoms with Crippen LogP contribution in [0.4, 0.5) is 15.8 Å². The molecule has 0 unspecified atom stereocenters. The van der Waals surface area contributed by atoms with Gasteiger partial charge in [0.2, 0.25) is 0 Å². The van der Waals surface area contributed by atoms with Crippen LogP contribution in [0.3, 0.4) is 0 Å². The minimum absolute atomic E-state index is 0.173. The number of benzene rings is 2. The molecule has 0 atom stereocenters. The van der Waals surface area contributed by atoms with E-state index >= 15 is 0 Å². The lowest BCUT2D eigenvalue weighted by Crippen LogP contribution is -2.41. The van der Waals surface area contributed by atoms with Gasteiger partial charge < -0.3 is 19.7 Å². The molecule has 0 bridgehead atoms. The van der Waals surface area contributed by atoms with E-state index in [9.17, 15) is 4.39 Å². The normalized spacial score (nSPS) is 19.8. The summed E-state index contributed by atoms with van der Waals surface area (Å²) in [5, 5.41) is 3.49. The van der Waals surface area contributed by atoms with Gasteiger partial charge in [0.25, 0.3) is 0 Å². The van der Waals surface area contributed by atoms with Gasteiger partial charge in [0, 0.05) is 38.0 Å². The summed E-state index contributed by atoms with van der Waals surface area (Å²) in [5.74, 6) is 1.65. The molecule has 3 aliphatic heterocycles. The third-order valence-corrected chi connectivity index (χ3v) is 5.62. The molecule has 5 nitrogen and oxygen atoms in total. The van der Waals surface area contributed by atoms with Crippen molar-refractivity contribution in [2.75, 3.05) is 31.6 Å². The fraction of sp³-hybridized carbons (Fsp3) is 0.409. The number of amidine groups is 1. The predicted octanol–water partition coefficient (Wildman–Crippen LogP) is 3.77. The third kappa shape index (κ3) is 3.69. The Bertz CT molecular complexity index is 872. The molecule has 3 heterocycles. The zero-order valence-corrected chi connectivity index (χ0v) is 15.7. The van der Waals surface area contributed by atoms with E-state index in [0.29, 0.717) is 6.04 Å². The van der Waals surface area contributed by atoms with Gasteiger partial charge in [-0.1, -0.05) is 6.07 Å². The van der Waals surface area contributed by atoms with Crippen molar-refractivity contribution in [3.8, 4) is 5.75 Å². The Morgan fingerprint density at radius 3 is 2.57 bits per heavy atom. The average Bonchev–Trinajstić information content (AvgIpc) is 3.10. The van der Waals surface area contributed by atoms with Crippen LogP contribution >= 0.6 is 0 Å². The second-order valence-corrected chi connectivity index (χ2v) is 7.69. The van der Waals surface area contributed by atoms with Gasteiger partial charge in [0.05, 0.1) is 24.9 Å². The van der Waals surface area contributed by atoms with E-state index in [2.05, 4.69) is 28.4 Å². The maximum Gasteiger partial charge on any atom is 0.123 e. The number of rotatable bonds is 4. The molecule has 2 fully saturated rings. The first-order valence-electron chi connectivity index (χ1n) is 9.95. The molecule has 6 heteroatoms. The summed E-state index contributed by atoms with van der Waals surface area (Å²) in [6.07, 6.45) is 2.96. The Labute approximate surface area is 164 Å². The van der Waals surface area contributed by atoms with Gasteiger partial charge in [-0.2, -0.15) is 0 Å². The van der Waals surface area contributed by atoms with Crippen LogP contribution in [0, 0.1) is 5.82 Å². The van der Waals surface area contributed by atoms with E-state index in [0.717, 1.165) is 68.5 Å². The zero-order chi connectivity index (χ0) is 18.9. The summed E-state index contributed by atoms with van der Waals surface area (Å²) in [6.45, 7) is 3.42. The van der Waals surface area contributed by atoms with Gasteiger partial charge in [0.15, 0.2) is 0 Å². The highest BCUT2D eigenvalue weighted by Crippen LogP contribution is 2.32. The van der Waals surface area contributed by atoms with Gasteiger partial charge in [-0.3, -0.25) is 0 Å². The SMILES string of the molecule is Fc1ccc(OC2CCN(C3=Nc4cc(NC5COC5)ccc4C3)CC2)cc1. The topological polar surface area (TPSA) is 46.1 Å². The maximum atomic E-state index is 13.0. The fourth-order valence-corrected chi connectivity index (χ4v) is 3.93. The molecule has 2 saturated heterocycles. The number of hydrogen-bond donors (Lipinski definition) is 1. The van der Waals surface area contributed by atoms with E-state index in [1.165, 1.54) is 17.7 Å². The van der Waals surface area contributed by atoms with Gasteiger partial charge in [-0.25, -0.2) is 9.38 Å². The Balaban J connectivity index is 1.18. The summed E-state index contributed by atoms with van der Waals surface area (Å²) in [6, 6.07) is 13.2. The monoisotopic (exact) mass is 381 g/mol. The molecule has 0 saturated carbocycles. The van der Waals surface area contributed by atoms with Crippen molar-refractivity contribution in [2.45, 2.75) is 31.4 Å². The van der Waals surface area contributed by atoms with Crippen LogP contribution < -0.4 is 10.1 Å². The lowest BCUT2D eigenvalue weighted by molar-refractivity contribution is 0.0211. The number of anilines is 1. The molecule has 0 spiro atoms. The van der Waals surface area contributed by atoms with Crippen LogP contribution in [0.2, 0.25) is 0 Å². The van der Waals surface area contributed by atoms with Crippen LogP contribution in [0.15, 0.2) is 47.5 Å². The van der Waals surface area contributed by atoms with E-state index in [1.807, 2.05) is 0 Å². The molecular weight excluding hydrogens is 357 g/mol. The number of nitrogens with zero attached hydrogens (tertiary/aromatic N) is 2. The van der Waals surface area contributed by atoms with Crippen molar-refractivity contribution in [3.63, 3.8) is 0 Å². The van der Waals surface area contributed by atoms with Crippen molar-refractivity contribution >= 4 is 17.2 Å². The first kappa shape index (κ1) is 17.5. The lowest BCUT2D eigenvalue weighted by atomic mass is 10.1. The molecule has 5 rings (SSSR count). The summed E-state index contributed by atoms with van der Waals surface area (Å²) in [5.41, 5.74) is 3.48. The smallest absolute Gasteiger partial charge is 0.123 e. The molecule has 1 N–H and O–H groups in total. The predicted molar refractivity (Wildman–Crippen MR) is 107 cm³/mol. The molecule has 0 radical (unpaired) electrons. The molecule has 0 aliphatic carbocycles. The molecule has 0 amide bonds. The van der Waals surface area contributed by atoms with Crippen LogP contribution in [0.5, 0.6) is 5.75 Å². The Kier molecular flexibility index (Phi) is 4.64. The van der Waals surface area contributed by atoms with Crippen molar-refractivity contribution in [1.29, 1.82) is 0 Å². The maximum absolute atomic E-state index is 13.0. The van der Waals surface area contributed by atoms with E-state index in [-0.39, 0.29) is 11.9 Å². The highest BCUT2D eigenvalue weighted by atomic mass is 19.1. The van der Waals surface area contributed by atoms with E-state index < -0.39 is 0 Å². The number of nitrogens with one attached hydrogen (secondary N) is 1. The second-order valence-electron chi connectivity index (χ2n) is 7.69. The number of fused-ring (bicyclic) bond motifs is 1. The molecule has 2 aromatic carbocycles. The molecular formula is C22H24FN3O2. The molecule has 146 valence electrons. The van der Waals surface area contributed by atoms with Gasteiger partial charge in [0.1, 0.15) is 23.5 Å². The summed E-state index contributed by atoms with van der Waals surface area (Å²) >= 11 is 0. The van der Waals surface area contributed by atoms with Crippen LogP contribution in [0.25, 0.3) is 0 Å². The second kappa shape index (κ2) is 7.43. The minimum atomic E-state index is -0.236. The minimum Gasteiger partial charge on any atom is -0.490 e. The van der Waals surface area contributed by atoms with Crippen molar-refractivity contribution in [3.05, 3.63) is 53.8 Å². The molecule has 3 aliphatic rings. The Morgan fingerprint density at radius 2 is 1.86 bits per heavy atom. The molecule has 0 aromatic heterocycles. The Hall–Kier alpha value is -2.60. The van der Waals surface area contributed by atoms with Crippen LogP contribution in [-0.4, -0.2) is 49.2 Å².